The van der Waals surface area contributed by atoms with E-state index in [1.165, 1.54) is 0 Å². The van der Waals surface area contributed by atoms with Gasteiger partial charge in [-0.25, -0.2) is 0 Å². The molecule has 0 amide bonds. The van der Waals surface area contributed by atoms with Gasteiger partial charge in [-0.3, -0.25) is 4.79 Å². The van der Waals surface area contributed by atoms with Crippen molar-refractivity contribution in [3.8, 4) is 11.8 Å². The van der Waals surface area contributed by atoms with Crippen LogP contribution >= 0.6 is 27.5 Å². The monoisotopic (exact) mass is 274 g/mol. The molecule has 0 aliphatic carbocycles. The number of rotatable bonds is 3. The molecular formula is C10H8BrClO2. The maximum atomic E-state index is 10.4. The van der Waals surface area contributed by atoms with E-state index in [1.54, 1.807) is 6.07 Å². The fourth-order valence-corrected chi connectivity index (χ4v) is 1.37. The highest BCUT2D eigenvalue weighted by atomic mass is 79.9. The number of carbonyl (C=O) groups excluding carboxylic acids is 1. The summed E-state index contributed by atoms with van der Waals surface area (Å²) in [4.78, 5) is 10.4. The van der Waals surface area contributed by atoms with Crippen molar-refractivity contribution in [1.29, 1.82) is 0 Å². The first kappa shape index (κ1) is 11.4. The maximum absolute atomic E-state index is 10.4. The lowest BCUT2D eigenvalue weighted by Gasteiger charge is -1.84. The molecule has 0 radical (unpaired) electrons. The summed E-state index contributed by atoms with van der Waals surface area (Å²) >= 11 is 8.74. The molecule has 14 heavy (non-hydrogen) atoms. The van der Waals surface area contributed by atoms with Gasteiger partial charge in [0, 0.05) is 18.4 Å². The van der Waals surface area contributed by atoms with E-state index in [0.29, 0.717) is 22.4 Å². The molecule has 4 heteroatoms. The van der Waals surface area contributed by atoms with Gasteiger partial charge in [0.2, 0.25) is 0 Å². The topological polar surface area (TPSA) is 30.2 Å². The predicted octanol–water partition coefficient (Wildman–Crippen LogP) is 3.23. The van der Waals surface area contributed by atoms with E-state index in [1.807, 2.05) is 0 Å². The number of hydrogen-bond acceptors (Lipinski definition) is 2. The lowest BCUT2D eigenvalue weighted by molar-refractivity contribution is 0.110. The number of aldehydes is 1. The van der Waals surface area contributed by atoms with E-state index in [9.17, 15) is 4.79 Å². The molecule has 0 saturated carbocycles. The molecule has 74 valence electrons. The van der Waals surface area contributed by atoms with Crippen molar-refractivity contribution < 1.29 is 9.21 Å². The van der Waals surface area contributed by atoms with Gasteiger partial charge in [-0.15, -0.1) is 11.6 Å². The molecule has 0 N–H and O–H groups in total. The van der Waals surface area contributed by atoms with Crippen molar-refractivity contribution in [1.82, 2.24) is 0 Å². The summed E-state index contributed by atoms with van der Waals surface area (Å²) < 4.78 is 5.83. The summed E-state index contributed by atoms with van der Waals surface area (Å²) in [6.07, 6.45) is 2.23. The summed E-state index contributed by atoms with van der Waals surface area (Å²) in [6, 6.07) is 1.60. The third-order valence-corrected chi connectivity index (χ3v) is 2.32. The Kier molecular flexibility index (Phi) is 4.78. The van der Waals surface area contributed by atoms with E-state index in [2.05, 4.69) is 27.8 Å². The van der Waals surface area contributed by atoms with Crippen molar-refractivity contribution in [3.63, 3.8) is 0 Å². The standard InChI is InChI=1S/C10H8BrClO2/c11-9-6-8(7-13)14-10(9)4-2-1-3-5-12/h6-7H,1,3,5H2. The first-order valence-corrected chi connectivity index (χ1v) is 5.40. The smallest absolute Gasteiger partial charge is 0.191 e. The second-order valence-corrected chi connectivity index (χ2v) is 3.77. The van der Waals surface area contributed by atoms with Gasteiger partial charge in [-0.05, 0) is 28.3 Å². The second-order valence-electron chi connectivity index (χ2n) is 2.54. The Morgan fingerprint density at radius 2 is 2.43 bits per heavy atom. The van der Waals surface area contributed by atoms with Gasteiger partial charge in [0.25, 0.3) is 0 Å². The second kappa shape index (κ2) is 5.90. The molecule has 0 aliphatic rings. The SMILES string of the molecule is O=Cc1cc(Br)c(C#CCCCCl)o1. The summed E-state index contributed by atoms with van der Waals surface area (Å²) in [6.45, 7) is 0. The number of alkyl halides is 1. The van der Waals surface area contributed by atoms with Crippen molar-refractivity contribution >= 4 is 33.8 Å². The van der Waals surface area contributed by atoms with Gasteiger partial charge < -0.3 is 4.42 Å². The number of halogens is 2. The van der Waals surface area contributed by atoms with Gasteiger partial charge in [0.1, 0.15) is 0 Å². The minimum atomic E-state index is 0.276. The highest BCUT2D eigenvalue weighted by molar-refractivity contribution is 9.10. The average Bonchev–Trinajstić information content (AvgIpc) is 2.54. The minimum Gasteiger partial charge on any atom is -0.444 e. The van der Waals surface area contributed by atoms with E-state index in [-0.39, 0.29) is 5.76 Å². The number of hydrogen-bond donors (Lipinski definition) is 0. The van der Waals surface area contributed by atoms with Crippen LogP contribution in [-0.4, -0.2) is 12.2 Å². The molecule has 0 aliphatic heterocycles. The van der Waals surface area contributed by atoms with Crippen molar-refractivity contribution in [2.45, 2.75) is 12.8 Å². The summed E-state index contributed by atoms with van der Waals surface area (Å²) in [5.74, 6) is 7.10. The van der Waals surface area contributed by atoms with Gasteiger partial charge >= 0.3 is 0 Å². The Balaban J connectivity index is 2.68. The highest BCUT2D eigenvalue weighted by Crippen LogP contribution is 2.19. The van der Waals surface area contributed by atoms with Crippen LogP contribution < -0.4 is 0 Å². The molecule has 2 nitrogen and oxygen atoms in total. The lowest BCUT2D eigenvalue weighted by Crippen LogP contribution is -1.73. The Morgan fingerprint density at radius 3 is 3.00 bits per heavy atom. The lowest BCUT2D eigenvalue weighted by atomic mass is 10.3. The molecular weight excluding hydrogens is 267 g/mol. The number of furan rings is 1. The predicted molar refractivity (Wildman–Crippen MR) is 58.6 cm³/mol. The quantitative estimate of drug-likeness (QED) is 0.367. The van der Waals surface area contributed by atoms with Crippen LogP contribution in [0.3, 0.4) is 0 Å². The van der Waals surface area contributed by atoms with Crippen LogP contribution in [0.5, 0.6) is 0 Å². The summed E-state index contributed by atoms with van der Waals surface area (Å²) in [7, 11) is 0. The first-order chi connectivity index (χ1) is 6.77. The van der Waals surface area contributed by atoms with Gasteiger partial charge in [0.05, 0.1) is 4.47 Å². The molecule has 0 fully saturated rings. The average molecular weight is 276 g/mol. The number of unbranched alkanes of at least 4 members (excludes halogenated alkanes) is 1. The Hall–Kier alpha value is -0.720. The molecule has 0 atom stereocenters. The van der Waals surface area contributed by atoms with E-state index in [0.717, 1.165) is 12.8 Å². The van der Waals surface area contributed by atoms with Crippen LogP contribution in [0.25, 0.3) is 0 Å². The molecule has 0 spiro atoms. The summed E-state index contributed by atoms with van der Waals surface area (Å²) in [5, 5.41) is 0. The molecule has 0 unspecified atom stereocenters. The number of carbonyl (C=O) groups is 1. The zero-order valence-electron chi connectivity index (χ0n) is 7.35. The zero-order chi connectivity index (χ0) is 10.4. The summed E-state index contributed by atoms with van der Waals surface area (Å²) in [5.41, 5.74) is 0. The van der Waals surface area contributed by atoms with Crippen LogP contribution in [-0.2, 0) is 0 Å². The molecule has 0 saturated heterocycles. The van der Waals surface area contributed by atoms with E-state index < -0.39 is 0 Å². The molecule has 1 rings (SSSR count). The van der Waals surface area contributed by atoms with Crippen molar-refractivity contribution in [2.75, 3.05) is 5.88 Å². The Bertz CT molecular complexity index is 373. The van der Waals surface area contributed by atoms with Crippen molar-refractivity contribution in [2.24, 2.45) is 0 Å². The highest BCUT2D eigenvalue weighted by Gasteiger charge is 2.04. The fraction of sp³-hybridized carbons (Fsp3) is 0.300. The first-order valence-electron chi connectivity index (χ1n) is 4.07. The van der Waals surface area contributed by atoms with Gasteiger partial charge in [-0.2, -0.15) is 0 Å². The third kappa shape index (κ3) is 3.21. The Labute approximate surface area is 95.7 Å². The van der Waals surface area contributed by atoms with Crippen LogP contribution in [0.1, 0.15) is 29.2 Å². The van der Waals surface area contributed by atoms with Crippen LogP contribution in [0.2, 0.25) is 0 Å². The normalized spacial score (nSPS) is 9.29. The minimum absolute atomic E-state index is 0.276. The van der Waals surface area contributed by atoms with Gasteiger partial charge in [0.15, 0.2) is 17.8 Å². The maximum Gasteiger partial charge on any atom is 0.191 e. The molecule has 1 aromatic heterocycles. The van der Waals surface area contributed by atoms with E-state index >= 15 is 0 Å². The fourth-order valence-electron chi connectivity index (χ4n) is 0.828. The Morgan fingerprint density at radius 1 is 1.64 bits per heavy atom. The third-order valence-electron chi connectivity index (χ3n) is 1.46. The van der Waals surface area contributed by atoms with Crippen LogP contribution in [0.4, 0.5) is 0 Å². The van der Waals surface area contributed by atoms with Crippen LogP contribution in [0, 0.1) is 11.8 Å². The molecule has 0 aromatic carbocycles. The largest absolute Gasteiger partial charge is 0.444 e. The molecule has 1 heterocycles. The van der Waals surface area contributed by atoms with Gasteiger partial charge in [-0.1, -0.05) is 5.92 Å². The zero-order valence-corrected chi connectivity index (χ0v) is 9.69. The molecule has 0 bridgehead atoms. The van der Waals surface area contributed by atoms with Crippen LogP contribution in [0.15, 0.2) is 15.0 Å². The molecule has 1 aromatic rings. The van der Waals surface area contributed by atoms with E-state index in [4.69, 9.17) is 16.0 Å². The van der Waals surface area contributed by atoms with Crippen molar-refractivity contribution in [3.05, 3.63) is 22.1 Å².